The van der Waals surface area contributed by atoms with Crippen molar-refractivity contribution in [2.45, 2.75) is 5.92 Å². The molecule has 1 heterocycles. The van der Waals surface area contributed by atoms with Gasteiger partial charge >= 0.3 is 11.9 Å². The minimum absolute atomic E-state index is 0.179. The zero-order valence-electron chi connectivity index (χ0n) is 17.8. The molecule has 0 aliphatic carbocycles. The standard InChI is InChI=1S/C22H17ClN4O7/c1-33-21(29)17-16(11-6-4-3-5-7-11)13(10-24)20(25)26(18(17)22(30)34-2)15-9-12(27(31)32)8-14(23)19(15)28/h3-9,16,28H,25H2,1-2H3. The number of aromatic hydroxyl groups is 1. The number of methoxy groups -OCH3 is 2. The number of nitrogens with two attached hydrogens (primary N) is 1. The third-order valence-corrected chi connectivity index (χ3v) is 5.38. The molecule has 0 aromatic heterocycles. The Balaban J connectivity index is 2.49. The number of phenolic OH excluding ortho intramolecular Hbond substituents is 1. The number of nitro benzene ring substituents is 1. The number of esters is 2. The molecule has 0 saturated carbocycles. The molecule has 3 N–H and O–H groups in total. The highest BCUT2D eigenvalue weighted by atomic mass is 35.5. The normalized spacial score (nSPS) is 15.6. The molecule has 174 valence electrons. The van der Waals surface area contributed by atoms with Gasteiger partial charge in [0.2, 0.25) is 0 Å². The van der Waals surface area contributed by atoms with Gasteiger partial charge in [0.25, 0.3) is 5.69 Å². The molecule has 12 heteroatoms. The number of phenols is 1. The summed E-state index contributed by atoms with van der Waals surface area (Å²) >= 11 is 5.99. The Hall–Kier alpha value is -4.56. The van der Waals surface area contributed by atoms with E-state index in [-0.39, 0.29) is 17.0 Å². The number of benzene rings is 2. The van der Waals surface area contributed by atoms with Crippen molar-refractivity contribution in [3.05, 3.63) is 85.8 Å². The highest BCUT2D eigenvalue weighted by Crippen LogP contribution is 2.47. The van der Waals surface area contributed by atoms with Crippen LogP contribution in [0.4, 0.5) is 11.4 Å². The second-order valence-corrected chi connectivity index (χ2v) is 7.29. The number of nitro groups is 1. The van der Waals surface area contributed by atoms with E-state index in [1.54, 1.807) is 30.3 Å². The maximum atomic E-state index is 13.0. The van der Waals surface area contributed by atoms with Gasteiger partial charge in [-0.1, -0.05) is 41.9 Å². The first-order chi connectivity index (χ1) is 16.2. The van der Waals surface area contributed by atoms with Crippen LogP contribution in [0.25, 0.3) is 0 Å². The van der Waals surface area contributed by atoms with Crippen molar-refractivity contribution < 1.29 is 29.1 Å². The topological polar surface area (TPSA) is 169 Å². The molecule has 2 aromatic carbocycles. The molecule has 0 fully saturated rings. The molecule has 1 unspecified atom stereocenters. The number of hydrogen-bond acceptors (Lipinski definition) is 10. The van der Waals surface area contributed by atoms with E-state index in [1.165, 1.54) is 0 Å². The maximum absolute atomic E-state index is 13.0. The van der Waals surface area contributed by atoms with Crippen LogP contribution in [0.3, 0.4) is 0 Å². The van der Waals surface area contributed by atoms with Gasteiger partial charge < -0.3 is 20.3 Å². The lowest BCUT2D eigenvalue weighted by atomic mass is 9.81. The quantitative estimate of drug-likeness (QED) is 0.365. The van der Waals surface area contributed by atoms with Gasteiger partial charge in [0.15, 0.2) is 5.75 Å². The van der Waals surface area contributed by atoms with Gasteiger partial charge in [0.1, 0.15) is 11.5 Å². The van der Waals surface area contributed by atoms with Crippen LogP contribution in [0.1, 0.15) is 11.5 Å². The first-order valence-corrected chi connectivity index (χ1v) is 9.88. The van der Waals surface area contributed by atoms with Crippen LogP contribution in [0.5, 0.6) is 5.75 Å². The third kappa shape index (κ3) is 3.98. The third-order valence-electron chi connectivity index (χ3n) is 5.09. The highest BCUT2D eigenvalue weighted by molar-refractivity contribution is 6.32. The van der Waals surface area contributed by atoms with E-state index in [2.05, 4.69) is 0 Å². The number of carbonyl (C=O) groups is 2. The zero-order chi connectivity index (χ0) is 25.2. The number of carbonyl (C=O) groups excluding carboxylic acids is 2. The minimum atomic E-state index is -1.14. The van der Waals surface area contributed by atoms with Crippen LogP contribution in [0, 0.1) is 21.4 Å². The summed E-state index contributed by atoms with van der Waals surface area (Å²) < 4.78 is 9.75. The summed E-state index contributed by atoms with van der Waals surface area (Å²) in [5, 5.41) is 31.6. The molecule has 34 heavy (non-hydrogen) atoms. The van der Waals surface area contributed by atoms with Gasteiger partial charge in [-0.2, -0.15) is 5.26 Å². The van der Waals surface area contributed by atoms with Crippen molar-refractivity contribution in [1.29, 1.82) is 5.26 Å². The van der Waals surface area contributed by atoms with E-state index in [4.69, 9.17) is 26.8 Å². The van der Waals surface area contributed by atoms with Crippen LogP contribution in [-0.2, 0) is 19.1 Å². The summed E-state index contributed by atoms with van der Waals surface area (Å²) in [6, 6.07) is 12.0. The first-order valence-electron chi connectivity index (χ1n) is 9.50. The van der Waals surface area contributed by atoms with Crippen LogP contribution in [0.2, 0.25) is 5.02 Å². The van der Waals surface area contributed by atoms with Crippen molar-refractivity contribution in [3.8, 4) is 11.8 Å². The van der Waals surface area contributed by atoms with Crippen molar-refractivity contribution in [2.75, 3.05) is 19.1 Å². The lowest BCUT2D eigenvalue weighted by molar-refractivity contribution is -0.384. The molecule has 1 aliphatic heterocycles. The van der Waals surface area contributed by atoms with Gasteiger partial charge in [0.05, 0.1) is 53.0 Å². The predicted molar refractivity (Wildman–Crippen MR) is 119 cm³/mol. The molecule has 0 saturated heterocycles. The molecule has 0 spiro atoms. The van der Waals surface area contributed by atoms with Gasteiger partial charge in [-0.05, 0) is 5.56 Å². The highest BCUT2D eigenvalue weighted by Gasteiger charge is 2.44. The summed E-state index contributed by atoms with van der Waals surface area (Å²) in [7, 11) is 2.12. The number of anilines is 1. The lowest BCUT2D eigenvalue weighted by Gasteiger charge is -2.36. The van der Waals surface area contributed by atoms with E-state index < -0.39 is 50.6 Å². The molecular formula is C22H17ClN4O7. The van der Waals surface area contributed by atoms with E-state index in [0.717, 1.165) is 31.3 Å². The molecule has 1 aliphatic rings. The largest absolute Gasteiger partial charge is 0.504 e. The molecule has 11 nitrogen and oxygen atoms in total. The Morgan fingerprint density at radius 3 is 2.35 bits per heavy atom. The van der Waals surface area contributed by atoms with Crippen LogP contribution in [0.15, 0.2) is 65.1 Å². The number of nitriles is 1. The summed E-state index contributed by atoms with van der Waals surface area (Å²) in [5.41, 5.74) is 4.75. The van der Waals surface area contributed by atoms with E-state index >= 15 is 0 Å². The second-order valence-electron chi connectivity index (χ2n) is 6.89. The lowest BCUT2D eigenvalue weighted by Crippen LogP contribution is -2.40. The number of allylic oxidation sites excluding steroid dienone is 1. The monoisotopic (exact) mass is 484 g/mol. The van der Waals surface area contributed by atoms with E-state index in [9.17, 15) is 30.1 Å². The Morgan fingerprint density at radius 2 is 1.82 bits per heavy atom. The molecule has 2 aromatic rings. The number of halogens is 1. The molecule has 1 atom stereocenters. The van der Waals surface area contributed by atoms with Crippen molar-refractivity contribution in [3.63, 3.8) is 0 Å². The fraction of sp³-hybridized carbons (Fsp3) is 0.136. The van der Waals surface area contributed by atoms with Crippen molar-refractivity contribution in [1.82, 2.24) is 0 Å². The first kappa shape index (κ1) is 24.1. The summed E-state index contributed by atoms with van der Waals surface area (Å²) in [6.07, 6.45) is 0. The Bertz CT molecular complexity index is 1300. The predicted octanol–water partition coefficient (Wildman–Crippen LogP) is 2.85. The molecule has 0 radical (unpaired) electrons. The molecule has 3 rings (SSSR count). The summed E-state index contributed by atoms with van der Waals surface area (Å²) in [4.78, 5) is 37.4. The molecule has 0 bridgehead atoms. The SMILES string of the molecule is COC(=O)C1=C(C(=O)OC)N(c2cc([N+](=O)[O-])cc(Cl)c2O)C(N)=C(C#N)C1c1ccccc1. The average Bonchev–Trinajstić information content (AvgIpc) is 2.84. The number of non-ortho nitro benzene ring substituents is 1. The Morgan fingerprint density at radius 1 is 1.21 bits per heavy atom. The van der Waals surface area contributed by atoms with Gasteiger partial charge in [0, 0.05) is 12.1 Å². The van der Waals surface area contributed by atoms with Crippen LogP contribution < -0.4 is 10.6 Å². The Labute approximate surface area is 198 Å². The van der Waals surface area contributed by atoms with Gasteiger partial charge in [-0.15, -0.1) is 0 Å². The number of rotatable bonds is 5. The number of nitrogens with zero attached hydrogens (tertiary/aromatic N) is 3. The number of hydrogen-bond donors (Lipinski definition) is 2. The van der Waals surface area contributed by atoms with E-state index in [1.807, 2.05) is 6.07 Å². The summed E-state index contributed by atoms with van der Waals surface area (Å²) in [5.74, 6) is -4.27. The number of ether oxygens (including phenoxy) is 2. The minimum Gasteiger partial charge on any atom is -0.504 e. The zero-order valence-corrected chi connectivity index (χ0v) is 18.6. The fourth-order valence-electron chi connectivity index (χ4n) is 3.61. The fourth-order valence-corrected chi connectivity index (χ4v) is 3.82. The van der Waals surface area contributed by atoms with Gasteiger partial charge in [-0.3, -0.25) is 15.0 Å². The van der Waals surface area contributed by atoms with Crippen molar-refractivity contribution in [2.24, 2.45) is 5.73 Å². The second kappa shape index (κ2) is 9.51. The maximum Gasteiger partial charge on any atom is 0.355 e. The summed E-state index contributed by atoms with van der Waals surface area (Å²) in [6.45, 7) is 0. The molecule has 0 amide bonds. The average molecular weight is 485 g/mol. The smallest absolute Gasteiger partial charge is 0.355 e. The van der Waals surface area contributed by atoms with E-state index in [0.29, 0.717) is 5.56 Å². The van der Waals surface area contributed by atoms with Gasteiger partial charge in [-0.25, -0.2) is 9.59 Å². The Kier molecular flexibility index (Phi) is 6.74. The van der Waals surface area contributed by atoms with Crippen molar-refractivity contribution >= 4 is 34.9 Å². The van der Waals surface area contributed by atoms with Crippen LogP contribution >= 0.6 is 11.6 Å². The van der Waals surface area contributed by atoms with Crippen LogP contribution in [-0.4, -0.2) is 36.2 Å². The molecular weight excluding hydrogens is 468 g/mol.